The van der Waals surface area contributed by atoms with Gasteiger partial charge in [0, 0.05) is 24.2 Å². The second kappa shape index (κ2) is 9.55. The normalized spacial score (nSPS) is 16.6. The molecule has 1 aliphatic heterocycles. The number of hydrogen-bond donors (Lipinski definition) is 2. The fourth-order valence-corrected chi connectivity index (χ4v) is 4.68. The lowest BCUT2D eigenvalue weighted by Gasteiger charge is -2.22. The lowest BCUT2D eigenvalue weighted by Crippen LogP contribution is -2.33. The molecule has 1 atom stereocenters. The van der Waals surface area contributed by atoms with E-state index in [1.165, 1.54) is 11.3 Å². The summed E-state index contributed by atoms with van der Waals surface area (Å²) in [7, 11) is 1.79. The molecule has 2 aromatic heterocycles. The summed E-state index contributed by atoms with van der Waals surface area (Å²) in [6.07, 6.45) is -0.968. The summed E-state index contributed by atoms with van der Waals surface area (Å²) in [6, 6.07) is 3.95. The first-order valence-corrected chi connectivity index (χ1v) is 11.5. The number of aromatic nitrogens is 3. The summed E-state index contributed by atoms with van der Waals surface area (Å²) in [5.74, 6) is -0.682. The van der Waals surface area contributed by atoms with Gasteiger partial charge in [-0.15, -0.1) is 11.3 Å². The van der Waals surface area contributed by atoms with Crippen molar-refractivity contribution in [3.63, 3.8) is 0 Å². The van der Waals surface area contributed by atoms with Gasteiger partial charge in [-0.3, -0.25) is 24.5 Å². The minimum absolute atomic E-state index is 0.0614. The molecular formula is C22H23F3N6O2S. The van der Waals surface area contributed by atoms with E-state index in [4.69, 9.17) is 0 Å². The van der Waals surface area contributed by atoms with E-state index in [0.717, 1.165) is 55.0 Å². The Morgan fingerprint density at radius 2 is 1.94 bits per heavy atom. The zero-order valence-electron chi connectivity index (χ0n) is 18.5. The summed E-state index contributed by atoms with van der Waals surface area (Å²) in [5.41, 5.74) is 1.45. The Hall–Kier alpha value is -3.25. The van der Waals surface area contributed by atoms with Gasteiger partial charge in [-0.05, 0) is 50.6 Å². The number of aryl methyl sites for hydroxylation is 2. The maximum absolute atomic E-state index is 12.7. The highest BCUT2D eigenvalue weighted by atomic mass is 32.1. The van der Waals surface area contributed by atoms with E-state index in [-0.39, 0.29) is 24.1 Å². The zero-order valence-corrected chi connectivity index (χ0v) is 19.3. The van der Waals surface area contributed by atoms with Crippen LogP contribution < -0.4 is 10.6 Å². The molecule has 0 unspecified atom stereocenters. The number of nitrogens with zero attached hydrogens (tertiary/aromatic N) is 4. The first-order chi connectivity index (χ1) is 16.1. The van der Waals surface area contributed by atoms with Crippen molar-refractivity contribution < 1.29 is 22.8 Å². The van der Waals surface area contributed by atoms with Crippen molar-refractivity contribution in [3.05, 3.63) is 58.4 Å². The van der Waals surface area contributed by atoms with Crippen LogP contribution in [0, 0.1) is 6.92 Å². The Morgan fingerprint density at radius 3 is 2.59 bits per heavy atom. The van der Waals surface area contributed by atoms with Gasteiger partial charge in [0.2, 0.25) is 5.91 Å². The molecule has 1 aromatic carbocycles. The second-order valence-electron chi connectivity index (χ2n) is 8.09. The van der Waals surface area contributed by atoms with E-state index in [2.05, 4.69) is 20.7 Å². The number of halogens is 3. The Kier molecular flexibility index (Phi) is 6.71. The number of benzene rings is 1. The van der Waals surface area contributed by atoms with E-state index in [9.17, 15) is 22.8 Å². The number of amides is 2. The van der Waals surface area contributed by atoms with Gasteiger partial charge >= 0.3 is 6.18 Å². The van der Waals surface area contributed by atoms with Crippen LogP contribution in [0.4, 0.5) is 24.0 Å². The van der Waals surface area contributed by atoms with Crippen molar-refractivity contribution in [1.82, 2.24) is 19.7 Å². The molecule has 34 heavy (non-hydrogen) atoms. The fraction of sp³-hybridized carbons (Fsp3) is 0.364. The lowest BCUT2D eigenvalue weighted by molar-refractivity contribution is -0.137. The van der Waals surface area contributed by atoms with Gasteiger partial charge in [-0.2, -0.15) is 18.3 Å². The highest BCUT2D eigenvalue weighted by Crippen LogP contribution is 2.34. The summed E-state index contributed by atoms with van der Waals surface area (Å²) < 4.78 is 39.8. The predicted octanol–water partition coefficient (Wildman–Crippen LogP) is 4.23. The van der Waals surface area contributed by atoms with E-state index in [0.29, 0.717) is 10.8 Å². The van der Waals surface area contributed by atoms with Crippen LogP contribution in [0.3, 0.4) is 0 Å². The smallest absolute Gasteiger partial charge is 0.322 e. The molecule has 2 N–H and O–H groups in total. The third-order valence-corrected chi connectivity index (χ3v) is 6.33. The van der Waals surface area contributed by atoms with Gasteiger partial charge in [-0.25, -0.2) is 4.98 Å². The van der Waals surface area contributed by atoms with Gasteiger partial charge in [0.15, 0.2) is 5.13 Å². The zero-order chi connectivity index (χ0) is 24.5. The number of anilines is 2. The number of thiazole rings is 1. The standard InChI is InChI=1S/C22H23F3N6O2S/c1-13-16(10-30(2)29-13)26-19(32)11-31-9-3-4-18(31)17-12-34-21(27-17)28-20(33)14-5-7-15(8-6-14)22(23,24)25/h5-8,10,12,18H,3-4,9,11H2,1-2H3,(H,26,32)(H,27,28,33)/t18-/m0/s1. The van der Waals surface area contributed by atoms with Crippen LogP contribution in [0.5, 0.6) is 0 Å². The number of rotatable bonds is 6. The molecule has 3 aromatic rings. The minimum atomic E-state index is -4.46. The SMILES string of the molecule is Cc1nn(C)cc1NC(=O)CN1CCC[C@H]1c1csc(NC(=O)c2ccc(C(F)(F)F)cc2)n1. The minimum Gasteiger partial charge on any atom is -0.322 e. The van der Waals surface area contributed by atoms with Gasteiger partial charge in [0.1, 0.15) is 0 Å². The number of carbonyl (C=O) groups excluding carboxylic acids is 2. The van der Waals surface area contributed by atoms with Crippen molar-refractivity contribution in [2.45, 2.75) is 32.0 Å². The third-order valence-electron chi connectivity index (χ3n) is 5.56. The van der Waals surface area contributed by atoms with Crippen molar-refractivity contribution in [1.29, 1.82) is 0 Å². The van der Waals surface area contributed by atoms with Crippen molar-refractivity contribution in [2.75, 3.05) is 23.7 Å². The number of alkyl halides is 3. The molecule has 180 valence electrons. The molecule has 2 amide bonds. The average molecular weight is 493 g/mol. The molecule has 1 saturated heterocycles. The number of hydrogen-bond acceptors (Lipinski definition) is 6. The molecule has 0 bridgehead atoms. The molecule has 0 saturated carbocycles. The van der Waals surface area contributed by atoms with Crippen LogP contribution in [0.25, 0.3) is 0 Å². The average Bonchev–Trinajstić information content (AvgIpc) is 3.48. The molecular weight excluding hydrogens is 469 g/mol. The molecule has 0 aliphatic carbocycles. The molecule has 8 nitrogen and oxygen atoms in total. The fourth-order valence-electron chi connectivity index (χ4n) is 3.92. The van der Waals surface area contributed by atoms with Gasteiger partial charge in [-0.1, -0.05) is 0 Å². The van der Waals surface area contributed by atoms with Gasteiger partial charge in [0.25, 0.3) is 5.91 Å². The lowest BCUT2D eigenvalue weighted by atomic mass is 10.1. The third kappa shape index (κ3) is 5.45. The predicted molar refractivity (Wildman–Crippen MR) is 122 cm³/mol. The van der Waals surface area contributed by atoms with Gasteiger partial charge in [0.05, 0.1) is 35.2 Å². The molecule has 1 fully saturated rings. The quantitative estimate of drug-likeness (QED) is 0.537. The van der Waals surface area contributed by atoms with Crippen LogP contribution in [-0.2, 0) is 18.0 Å². The molecule has 3 heterocycles. The monoisotopic (exact) mass is 492 g/mol. The molecule has 12 heteroatoms. The summed E-state index contributed by atoms with van der Waals surface area (Å²) in [4.78, 5) is 31.5. The van der Waals surface area contributed by atoms with Crippen LogP contribution in [0.1, 0.15) is 46.2 Å². The van der Waals surface area contributed by atoms with Crippen LogP contribution >= 0.6 is 11.3 Å². The number of nitrogens with one attached hydrogen (secondary N) is 2. The maximum atomic E-state index is 12.7. The highest BCUT2D eigenvalue weighted by Gasteiger charge is 2.31. The van der Waals surface area contributed by atoms with E-state index in [1.54, 1.807) is 17.9 Å². The maximum Gasteiger partial charge on any atom is 0.416 e. The van der Waals surface area contributed by atoms with E-state index in [1.807, 2.05) is 17.2 Å². The second-order valence-corrected chi connectivity index (χ2v) is 8.94. The Morgan fingerprint density at radius 1 is 1.21 bits per heavy atom. The van der Waals surface area contributed by atoms with Crippen LogP contribution in [0.2, 0.25) is 0 Å². The van der Waals surface area contributed by atoms with Crippen LogP contribution in [0.15, 0.2) is 35.8 Å². The van der Waals surface area contributed by atoms with Gasteiger partial charge < -0.3 is 5.32 Å². The van der Waals surface area contributed by atoms with Crippen molar-refractivity contribution >= 4 is 34.0 Å². The molecule has 4 rings (SSSR count). The molecule has 0 radical (unpaired) electrons. The largest absolute Gasteiger partial charge is 0.416 e. The molecule has 0 spiro atoms. The Bertz CT molecular complexity index is 1190. The summed E-state index contributed by atoms with van der Waals surface area (Å²) >= 11 is 1.23. The summed E-state index contributed by atoms with van der Waals surface area (Å²) in [5, 5.41) is 11.9. The van der Waals surface area contributed by atoms with E-state index >= 15 is 0 Å². The summed E-state index contributed by atoms with van der Waals surface area (Å²) in [6.45, 7) is 2.77. The number of likely N-dealkylation sites (tertiary alicyclic amines) is 1. The van der Waals surface area contributed by atoms with E-state index < -0.39 is 17.6 Å². The molecule has 1 aliphatic rings. The van der Waals surface area contributed by atoms with Crippen molar-refractivity contribution in [2.24, 2.45) is 7.05 Å². The van der Waals surface area contributed by atoms with Crippen LogP contribution in [-0.4, -0.2) is 44.6 Å². The first kappa shape index (κ1) is 23.9. The first-order valence-electron chi connectivity index (χ1n) is 10.6. The Balaban J connectivity index is 1.37. The highest BCUT2D eigenvalue weighted by molar-refractivity contribution is 7.14. The topological polar surface area (TPSA) is 92.2 Å². The Labute approximate surface area is 197 Å². The van der Waals surface area contributed by atoms with Crippen molar-refractivity contribution in [3.8, 4) is 0 Å². The number of carbonyl (C=O) groups is 2.